The van der Waals surface area contributed by atoms with Gasteiger partial charge in [0.15, 0.2) is 5.11 Å². The van der Waals surface area contributed by atoms with Crippen LogP contribution in [-0.4, -0.2) is 15.9 Å². The van der Waals surface area contributed by atoms with Gasteiger partial charge in [0, 0.05) is 17.4 Å². The van der Waals surface area contributed by atoms with Gasteiger partial charge in [-0.2, -0.15) is 5.10 Å². The summed E-state index contributed by atoms with van der Waals surface area (Å²) in [6.07, 6.45) is 1.72. The minimum atomic E-state index is 0.167. The number of para-hydroxylation sites is 1. The van der Waals surface area contributed by atoms with Crippen molar-refractivity contribution >= 4 is 34.4 Å². The lowest BCUT2D eigenvalue weighted by molar-refractivity contribution is 0.791. The molecule has 1 aromatic carbocycles. The Kier molecular flexibility index (Phi) is 3.39. The first kappa shape index (κ1) is 11.6. The summed E-state index contributed by atoms with van der Waals surface area (Å²) in [5.74, 6) is 0. The van der Waals surface area contributed by atoms with Crippen LogP contribution < -0.4 is 11.2 Å². The molecule has 5 heteroatoms. The second kappa shape index (κ2) is 4.97. The summed E-state index contributed by atoms with van der Waals surface area (Å²) in [6.45, 7) is 2.99. The molecule has 0 aliphatic heterocycles. The summed E-state index contributed by atoms with van der Waals surface area (Å²) < 4.78 is 2.18. The number of rotatable bonds is 3. The van der Waals surface area contributed by atoms with Gasteiger partial charge in [-0.25, -0.2) is 0 Å². The van der Waals surface area contributed by atoms with Crippen LogP contribution in [0.4, 0.5) is 0 Å². The highest BCUT2D eigenvalue weighted by molar-refractivity contribution is 7.80. The van der Waals surface area contributed by atoms with E-state index in [1.807, 2.05) is 12.1 Å². The molecule has 0 aliphatic carbocycles. The number of nitrogens with one attached hydrogen (secondary N) is 1. The molecule has 4 nitrogen and oxygen atoms in total. The summed E-state index contributed by atoms with van der Waals surface area (Å²) in [4.78, 5) is 0. The van der Waals surface area contributed by atoms with Crippen LogP contribution in [-0.2, 0) is 6.54 Å². The van der Waals surface area contributed by atoms with Crippen molar-refractivity contribution in [1.29, 1.82) is 0 Å². The van der Waals surface area contributed by atoms with Crippen molar-refractivity contribution in [1.82, 2.24) is 9.99 Å². The molecular weight excluding hydrogens is 232 g/mol. The number of hydrogen-bond acceptors (Lipinski definition) is 2. The Labute approximate surface area is 105 Å². The van der Waals surface area contributed by atoms with Crippen LogP contribution in [0.15, 0.2) is 35.4 Å². The maximum absolute atomic E-state index is 5.30. The predicted molar refractivity (Wildman–Crippen MR) is 75.1 cm³/mol. The number of hydrazone groups is 1. The van der Waals surface area contributed by atoms with E-state index in [1.54, 1.807) is 6.21 Å². The van der Waals surface area contributed by atoms with Crippen molar-refractivity contribution in [3.8, 4) is 0 Å². The Morgan fingerprint density at radius 3 is 3.00 bits per heavy atom. The number of nitrogens with two attached hydrogens (primary N) is 1. The van der Waals surface area contributed by atoms with Crippen LogP contribution in [0.3, 0.4) is 0 Å². The molecule has 0 aliphatic rings. The highest BCUT2D eigenvalue weighted by Crippen LogP contribution is 2.18. The van der Waals surface area contributed by atoms with Crippen molar-refractivity contribution < 1.29 is 0 Å². The zero-order chi connectivity index (χ0) is 12.3. The van der Waals surface area contributed by atoms with Gasteiger partial charge >= 0.3 is 0 Å². The SMILES string of the molecule is CCn1c(/C=N\NC(N)=S)cc2ccccc21. The van der Waals surface area contributed by atoms with Crippen molar-refractivity contribution in [3.63, 3.8) is 0 Å². The minimum Gasteiger partial charge on any atom is -0.375 e. The lowest BCUT2D eigenvalue weighted by Gasteiger charge is -2.03. The molecule has 0 bridgehead atoms. The summed E-state index contributed by atoms with van der Waals surface area (Å²) in [6, 6.07) is 10.3. The van der Waals surface area contributed by atoms with E-state index in [1.165, 1.54) is 10.9 Å². The number of benzene rings is 1. The quantitative estimate of drug-likeness (QED) is 0.493. The van der Waals surface area contributed by atoms with Gasteiger partial charge in [-0.1, -0.05) is 18.2 Å². The van der Waals surface area contributed by atoms with Crippen molar-refractivity contribution in [3.05, 3.63) is 36.0 Å². The minimum absolute atomic E-state index is 0.167. The van der Waals surface area contributed by atoms with Crippen LogP contribution >= 0.6 is 12.2 Å². The third-order valence-corrected chi connectivity index (χ3v) is 2.62. The van der Waals surface area contributed by atoms with E-state index in [2.05, 4.69) is 52.4 Å². The molecule has 0 unspecified atom stereocenters. The zero-order valence-corrected chi connectivity index (χ0v) is 10.4. The molecule has 2 rings (SSSR count). The summed E-state index contributed by atoms with van der Waals surface area (Å²) >= 11 is 4.68. The van der Waals surface area contributed by atoms with E-state index in [4.69, 9.17) is 5.73 Å². The average molecular weight is 246 g/mol. The summed E-state index contributed by atoms with van der Waals surface area (Å²) in [5.41, 5.74) is 10.1. The van der Waals surface area contributed by atoms with Crippen molar-refractivity contribution in [2.75, 3.05) is 0 Å². The molecule has 3 N–H and O–H groups in total. The molecule has 0 radical (unpaired) electrons. The molecule has 0 saturated carbocycles. The maximum Gasteiger partial charge on any atom is 0.184 e. The number of nitrogens with zero attached hydrogens (tertiary/aromatic N) is 2. The highest BCUT2D eigenvalue weighted by atomic mass is 32.1. The Morgan fingerprint density at radius 1 is 1.53 bits per heavy atom. The van der Waals surface area contributed by atoms with Gasteiger partial charge in [0.2, 0.25) is 0 Å². The van der Waals surface area contributed by atoms with Gasteiger partial charge in [-0.15, -0.1) is 0 Å². The Bertz CT molecular complexity index is 571. The van der Waals surface area contributed by atoms with Crippen LogP contribution in [0.2, 0.25) is 0 Å². The van der Waals surface area contributed by atoms with Crippen molar-refractivity contribution in [2.45, 2.75) is 13.5 Å². The predicted octanol–water partition coefficient (Wildman–Crippen LogP) is 1.83. The second-order valence-corrected chi connectivity index (χ2v) is 4.05. The molecular formula is C12H14N4S. The largest absolute Gasteiger partial charge is 0.375 e. The number of fused-ring (bicyclic) bond motifs is 1. The van der Waals surface area contributed by atoms with Crippen molar-refractivity contribution in [2.24, 2.45) is 10.8 Å². The first-order chi connectivity index (χ1) is 8.22. The monoisotopic (exact) mass is 246 g/mol. The molecule has 0 fully saturated rings. The van der Waals surface area contributed by atoms with Gasteiger partial charge in [-0.3, -0.25) is 5.43 Å². The molecule has 1 aromatic heterocycles. The lowest BCUT2D eigenvalue weighted by Crippen LogP contribution is -2.24. The fourth-order valence-corrected chi connectivity index (χ4v) is 1.91. The fourth-order valence-electron chi connectivity index (χ4n) is 1.85. The number of thiocarbonyl (C=S) groups is 1. The Balaban J connectivity index is 2.39. The molecule has 2 aromatic rings. The lowest BCUT2D eigenvalue weighted by atomic mass is 10.2. The topological polar surface area (TPSA) is 55.3 Å². The van der Waals surface area contributed by atoms with E-state index >= 15 is 0 Å². The van der Waals surface area contributed by atoms with Gasteiger partial charge in [-0.05, 0) is 31.3 Å². The smallest absolute Gasteiger partial charge is 0.184 e. The first-order valence-electron chi connectivity index (χ1n) is 5.39. The van der Waals surface area contributed by atoms with Crippen LogP contribution in [0, 0.1) is 0 Å². The molecule has 0 atom stereocenters. The third-order valence-electron chi connectivity index (χ3n) is 2.53. The van der Waals surface area contributed by atoms with E-state index < -0.39 is 0 Å². The molecule has 88 valence electrons. The summed E-state index contributed by atoms with van der Waals surface area (Å²) in [7, 11) is 0. The van der Waals surface area contributed by atoms with E-state index in [-0.39, 0.29) is 5.11 Å². The summed E-state index contributed by atoms with van der Waals surface area (Å²) in [5, 5.41) is 5.35. The van der Waals surface area contributed by atoms with Crippen LogP contribution in [0.1, 0.15) is 12.6 Å². The maximum atomic E-state index is 5.30. The molecule has 1 heterocycles. The van der Waals surface area contributed by atoms with Gasteiger partial charge in [0.05, 0.1) is 11.9 Å². The third kappa shape index (κ3) is 2.45. The number of hydrogen-bond donors (Lipinski definition) is 2. The van der Waals surface area contributed by atoms with E-state index in [0.29, 0.717) is 0 Å². The van der Waals surface area contributed by atoms with E-state index in [0.717, 1.165) is 12.2 Å². The highest BCUT2D eigenvalue weighted by Gasteiger charge is 2.04. The van der Waals surface area contributed by atoms with Gasteiger partial charge in [0.1, 0.15) is 0 Å². The Hall–Kier alpha value is -1.88. The second-order valence-electron chi connectivity index (χ2n) is 3.61. The van der Waals surface area contributed by atoms with Crippen LogP contribution in [0.25, 0.3) is 10.9 Å². The van der Waals surface area contributed by atoms with Gasteiger partial charge in [0.25, 0.3) is 0 Å². The average Bonchev–Trinajstić information content (AvgIpc) is 2.66. The molecule has 17 heavy (non-hydrogen) atoms. The Morgan fingerprint density at radius 2 is 2.29 bits per heavy atom. The molecule has 0 spiro atoms. The standard InChI is InChI=1S/C12H14N4S/c1-2-16-10(8-14-15-12(13)17)7-9-5-3-4-6-11(9)16/h3-8H,2H2,1H3,(H3,13,15,17)/b14-8-. The number of aromatic nitrogens is 1. The van der Waals surface area contributed by atoms with Gasteiger partial charge < -0.3 is 10.3 Å². The fraction of sp³-hybridized carbons (Fsp3) is 0.167. The van der Waals surface area contributed by atoms with Crippen LogP contribution in [0.5, 0.6) is 0 Å². The van der Waals surface area contributed by atoms with E-state index in [9.17, 15) is 0 Å². The normalized spacial score (nSPS) is 11.1. The molecule has 0 saturated heterocycles. The first-order valence-corrected chi connectivity index (χ1v) is 5.80. The molecule has 0 amide bonds. The number of aryl methyl sites for hydroxylation is 1. The zero-order valence-electron chi connectivity index (χ0n) is 9.55.